The van der Waals surface area contributed by atoms with Crippen LogP contribution in [0.2, 0.25) is 0 Å². The van der Waals surface area contributed by atoms with Crippen molar-refractivity contribution in [1.82, 2.24) is 9.55 Å². The first-order chi connectivity index (χ1) is 14.2. The number of aromatic nitrogens is 2. The summed E-state index contributed by atoms with van der Waals surface area (Å²) < 4.78 is 6.69. The first-order valence-electron chi connectivity index (χ1n) is 9.82. The van der Waals surface area contributed by atoms with Crippen molar-refractivity contribution in [1.29, 1.82) is 0 Å². The van der Waals surface area contributed by atoms with Gasteiger partial charge in [0.2, 0.25) is 0 Å². The van der Waals surface area contributed by atoms with E-state index in [-0.39, 0.29) is 35.5 Å². The average molecular weight is 404 g/mol. The maximum atomic E-state index is 13.2. The molecule has 7 heteroatoms. The van der Waals surface area contributed by atoms with Gasteiger partial charge in [-0.1, -0.05) is 13.5 Å². The van der Waals surface area contributed by atoms with Gasteiger partial charge in [-0.15, -0.1) is 0 Å². The maximum absolute atomic E-state index is 13.2. The largest absolute Gasteiger partial charge is 0.458 e. The smallest absolute Gasteiger partial charge is 0.343 e. The highest BCUT2D eigenvalue weighted by atomic mass is 16.6. The fraction of sp³-hybridized carbons (Fsp3) is 0.304. The maximum Gasteiger partial charge on any atom is 0.343 e. The molecule has 0 aromatic carbocycles. The summed E-state index contributed by atoms with van der Waals surface area (Å²) in [5.74, 6) is -0.859. The summed E-state index contributed by atoms with van der Waals surface area (Å²) in [5.41, 5.74) is 2.29. The van der Waals surface area contributed by atoms with Crippen molar-refractivity contribution in [2.75, 3.05) is 0 Å². The molecule has 0 amide bonds. The molecule has 2 aromatic rings. The third kappa shape index (κ3) is 2.13. The molecule has 0 bridgehead atoms. The van der Waals surface area contributed by atoms with Crippen LogP contribution in [-0.4, -0.2) is 26.4 Å². The Hall–Kier alpha value is -3.32. The van der Waals surface area contributed by atoms with Crippen LogP contribution in [0.4, 0.5) is 0 Å². The number of ketones is 1. The molecule has 0 saturated carbocycles. The number of carbonyl (C=O) groups is 2. The Morgan fingerprint density at radius 1 is 1.27 bits per heavy atom. The van der Waals surface area contributed by atoms with E-state index < -0.39 is 11.6 Å². The van der Waals surface area contributed by atoms with Gasteiger partial charge < -0.3 is 14.4 Å². The lowest BCUT2D eigenvalue weighted by Crippen LogP contribution is -2.44. The van der Waals surface area contributed by atoms with Crippen LogP contribution < -0.4 is 16.1 Å². The van der Waals surface area contributed by atoms with Crippen molar-refractivity contribution in [3.63, 3.8) is 0 Å². The average Bonchev–Trinajstić information content (AvgIpc) is 3.09. The number of esters is 1. The van der Waals surface area contributed by atoms with E-state index in [1.165, 1.54) is 0 Å². The Labute approximate surface area is 171 Å². The van der Waals surface area contributed by atoms with Crippen molar-refractivity contribution in [2.24, 2.45) is 0 Å². The number of nitrogens with zero attached hydrogens (tertiary/aromatic N) is 2. The molecule has 1 aliphatic carbocycles. The Kier molecular flexibility index (Phi) is 3.65. The summed E-state index contributed by atoms with van der Waals surface area (Å²) in [7, 11) is 0. The van der Waals surface area contributed by atoms with Crippen LogP contribution in [0.5, 0.6) is 0 Å². The number of allylic oxidation sites excluding steroid dienone is 1. The summed E-state index contributed by atoms with van der Waals surface area (Å²) >= 11 is 0. The van der Waals surface area contributed by atoms with E-state index in [0.29, 0.717) is 34.4 Å². The molecule has 30 heavy (non-hydrogen) atoms. The molecule has 2 aromatic heterocycles. The van der Waals surface area contributed by atoms with Crippen molar-refractivity contribution in [3.05, 3.63) is 61.4 Å². The molecule has 0 saturated heterocycles. The van der Waals surface area contributed by atoms with Crippen molar-refractivity contribution >= 4 is 23.4 Å². The highest BCUT2D eigenvalue weighted by Crippen LogP contribution is 2.37. The predicted molar refractivity (Wildman–Crippen MR) is 109 cm³/mol. The molecule has 1 atom stereocenters. The van der Waals surface area contributed by atoms with Gasteiger partial charge in [0.1, 0.15) is 6.61 Å². The summed E-state index contributed by atoms with van der Waals surface area (Å²) in [5, 5.41) is 12.4. The second kappa shape index (κ2) is 5.86. The van der Waals surface area contributed by atoms with Crippen LogP contribution in [0.1, 0.15) is 42.5 Å². The van der Waals surface area contributed by atoms with E-state index in [1.807, 2.05) is 6.92 Å². The minimum Gasteiger partial charge on any atom is -0.458 e. The van der Waals surface area contributed by atoms with E-state index >= 15 is 0 Å². The van der Waals surface area contributed by atoms with Crippen molar-refractivity contribution < 1.29 is 19.4 Å². The molecule has 2 aliphatic heterocycles. The fourth-order valence-corrected chi connectivity index (χ4v) is 4.74. The number of hydrogen-bond donors (Lipinski definition) is 1. The van der Waals surface area contributed by atoms with Gasteiger partial charge in [0.05, 0.1) is 28.8 Å². The van der Waals surface area contributed by atoms with Crippen LogP contribution in [0.15, 0.2) is 23.0 Å². The number of ether oxygens (including phenoxy) is 1. The van der Waals surface area contributed by atoms with Crippen LogP contribution >= 0.6 is 0 Å². The highest BCUT2D eigenvalue weighted by Gasteiger charge is 2.45. The second-order valence-corrected chi connectivity index (χ2v) is 8.05. The predicted octanol–water partition coefficient (Wildman–Crippen LogP) is 0.325. The minimum absolute atomic E-state index is 0.0924. The molecule has 5 rings (SSSR count). The zero-order valence-electron chi connectivity index (χ0n) is 17.0. The minimum atomic E-state index is -1.86. The van der Waals surface area contributed by atoms with E-state index in [1.54, 1.807) is 30.6 Å². The summed E-state index contributed by atoms with van der Waals surface area (Å²) in [4.78, 5) is 42.7. The van der Waals surface area contributed by atoms with Gasteiger partial charge in [-0.25, -0.2) is 9.78 Å². The number of Topliss-reactive ketones (excluding diaryl/α,β-unsaturated/α-hetero) is 1. The van der Waals surface area contributed by atoms with Gasteiger partial charge >= 0.3 is 5.97 Å². The first kappa shape index (κ1) is 18.7. The highest BCUT2D eigenvalue weighted by molar-refractivity contribution is 6.27. The lowest BCUT2D eigenvalue weighted by molar-refractivity contribution is -0.172. The number of rotatable bonds is 1. The molecule has 152 valence electrons. The molecule has 0 unspecified atom stereocenters. The van der Waals surface area contributed by atoms with Crippen LogP contribution in [-0.2, 0) is 33.1 Å². The molecule has 7 nitrogen and oxygen atoms in total. The number of carbonyl (C=O) groups excluding carboxylic acids is 2. The van der Waals surface area contributed by atoms with Crippen LogP contribution in [0.3, 0.4) is 0 Å². The van der Waals surface area contributed by atoms with E-state index in [9.17, 15) is 19.5 Å². The van der Waals surface area contributed by atoms with Crippen LogP contribution in [0.25, 0.3) is 23.0 Å². The molecular weight excluding hydrogens is 384 g/mol. The Morgan fingerprint density at radius 3 is 2.70 bits per heavy atom. The Bertz CT molecular complexity index is 1410. The molecule has 0 fully saturated rings. The zero-order chi connectivity index (χ0) is 21.5. The molecule has 4 heterocycles. The lowest BCUT2D eigenvalue weighted by atomic mass is 9.86. The van der Waals surface area contributed by atoms with Gasteiger partial charge in [0.25, 0.3) is 5.56 Å². The summed E-state index contributed by atoms with van der Waals surface area (Å²) in [6.07, 6.45) is 1.76. The van der Waals surface area contributed by atoms with Gasteiger partial charge in [-0.05, 0) is 38.0 Å². The second-order valence-electron chi connectivity index (χ2n) is 8.05. The molecule has 0 spiro atoms. The van der Waals surface area contributed by atoms with Gasteiger partial charge in [0.15, 0.2) is 11.4 Å². The molecular formula is C23H20N2O5. The zero-order valence-corrected chi connectivity index (χ0v) is 17.0. The third-order valence-electron chi connectivity index (χ3n) is 6.52. The number of fused-ring (bicyclic) bond motifs is 5. The Morgan fingerprint density at radius 2 is 2.00 bits per heavy atom. The standard InChI is InChI=1S/C23H20N2O5/c1-5-23(29)15-7-17-19-13(8-25(17)21(27)14(15)9-30-22(23)28)11(3)18-12(4)20(26)10(2)6-16(18)24-19/h6-7,29H,2,5,8-9H2,1,3-4H3/t23-/m0/s1. The van der Waals surface area contributed by atoms with E-state index in [0.717, 1.165) is 16.3 Å². The third-order valence-corrected chi connectivity index (χ3v) is 6.52. The number of hydrogen-bond acceptors (Lipinski definition) is 6. The van der Waals surface area contributed by atoms with Gasteiger partial charge in [0, 0.05) is 27.5 Å². The number of cyclic esters (lactones) is 1. The van der Waals surface area contributed by atoms with Gasteiger partial charge in [-0.2, -0.15) is 0 Å². The van der Waals surface area contributed by atoms with Crippen LogP contribution in [0, 0.1) is 6.92 Å². The number of aliphatic hydroxyl groups is 1. The monoisotopic (exact) mass is 404 g/mol. The number of pyridine rings is 2. The van der Waals surface area contributed by atoms with Gasteiger partial charge in [-0.3, -0.25) is 9.59 Å². The van der Waals surface area contributed by atoms with Crippen molar-refractivity contribution in [2.45, 2.75) is 45.9 Å². The molecule has 3 aliphatic rings. The summed E-state index contributed by atoms with van der Waals surface area (Å²) in [6, 6.07) is 1.69. The molecule has 0 radical (unpaired) electrons. The van der Waals surface area contributed by atoms with E-state index in [2.05, 4.69) is 6.58 Å². The topological polar surface area (TPSA) is 98.5 Å². The first-order valence-corrected chi connectivity index (χ1v) is 9.82. The van der Waals surface area contributed by atoms with Crippen molar-refractivity contribution in [3.8, 4) is 11.4 Å². The summed E-state index contributed by atoms with van der Waals surface area (Å²) in [6.45, 7) is 9.32. The quantitative estimate of drug-likeness (QED) is 0.464. The Balaban J connectivity index is 1.86. The normalized spacial score (nSPS) is 21.5. The fourth-order valence-electron chi connectivity index (χ4n) is 4.74. The van der Waals surface area contributed by atoms with E-state index in [4.69, 9.17) is 9.72 Å². The SMILES string of the molecule is C=C1C=c2nc3c(c(C)c2=C(C)C1=O)Cn1c-3cc2c(c1=O)COC(=O)[C@]2(O)CC. The lowest BCUT2D eigenvalue weighted by Gasteiger charge is -2.31. The molecule has 1 N–H and O–H groups in total.